The van der Waals surface area contributed by atoms with Crippen LogP contribution in [-0.4, -0.2) is 13.1 Å². The largest absolute Gasteiger partial charge is 0.317 e. The summed E-state index contributed by atoms with van der Waals surface area (Å²) in [6, 6.07) is 0.713. The van der Waals surface area contributed by atoms with Crippen molar-refractivity contribution in [1.29, 1.82) is 0 Å². The molecule has 1 atom stereocenters. The number of nitrogens with one attached hydrogen (secondary N) is 1. The van der Waals surface area contributed by atoms with Crippen molar-refractivity contribution in [2.45, 2.75) is 52.5 Å². The number of hydrogen-bond donors (Lipinski definition) is 1. The Kier molecular flexibility index (Phi) is 7.17. The Bertz CT molecular complexity index is 127. The van der Waals surface area contributed by atoms with Gasteiger partial charge in [0.05, 0.1) is 0 Å². The first kappa shape index (κ1) is 11.7. The Morgan fingerprint density at radius 2 is 2.08 bits per heavy atom. The molecule has 0 radical (unpaired) electrons. The smallest absolute Gasteiger partial charge is 0.00670 e. The van der Waals surface area contributed by atoms with E-state index in [2.05, 4.69) is 39.2 Å². The molecule has 12 heavy (non-hydrogen) atoms. The molecule has 0 amide bonds. The maximum atomic E-state index is 3.36. The lowest BCUT2D eigenvalue weighted by Crippen LogP contribution is -2.24. The van der Waals surface area contributed by atoms with Crippen LogP contribution in [0.4, 0.5) is 0 Å². The van der Waals surface area contributed by atoms with E-state index in [9.17, 15) is 0 Å². The lowest BCUT2D eigenvalue weighted by molar-refractivity contribution is 0.483. The Morgan fingerprint density at radius 1 is 1.42 bits per heavy atom. The van der Waals surface area contributed by atoms with E-state index in [1.165, 1.54) is 31.3 Å². The van der Waals surface area contributed by atoms with Gasteiger partial charge in [-0.3, -0.25) is 0 Å². The first-order chi connectivity index (χ1) is 5.74. The van der Waals surface area contributed by atoms with Crippen molar-refractivity contribution < 1.29 is 0 Å². The molecule has 0 bridgehead atoms. The molecule has 0 aliphatic carbocycles. The number of hydrogen-bond acceptors (Lipinski definition) is 1. The van der Waals surface area contributed by atoms with Crippen molar-refractivity contribution in [1.82, 2.24) is 5.32 Å². The van der Waals surface area contributed by atoms with Crippen molar-refractivity contribution in [2.75, 3.05) is 7.05 Å². The van der Waals surface area contributed by atoms with Crippen LogP contribution in [0, 0.1) is 0 Å². The second-order valence-corrected chi connectivity index (χ2v) is 3.45. The summed E-state index contributed by atoms with van der Waals surface area (Å²) in [5.41, 5.74) is 1.51. The van der Waals surface area contributed by atoms with E-state index in [1.807, 2.05) is 0 Å². The van der Waals surface area contributed by atoms with Crippen molar-refractivity contribution in [3.63, 3.8) is 0 Å². The van der Waals surface area contributed by atoms with Crippen molar-refractivity contribution in [3.8, 4) is 0 Å². The zero-order valence-electron chi connectivity index (χ0n) is 8.98. The van der Waals surface area contributed by atoms with Crippen LogP contribution in [0.15, 0.2) is 11.6 Å². The zero-order chi connectivity index (χ0) is 9.40. The van der Waals surface area contributed by atoms with Gasteiger partial charge in [0.15, 0.2) is 0 Å². The van der Waals surface area contributed by atoms with Gasteiger partial charge in [-0.25, -0.2) is 0 Å². The van der Waals surface area contributed by atoms with E-state index in [-0.39, 0.29) is 0 Å². The minimum absolute atomic E-state index is 0.713. The standard InChI is InChI=1S/C11H23N/c1-5-7-11(12-4)9-8-10(3)6-2/h6,11-12H,5,7-9H2,1-4H3/b10-6+. The van der Waals surface area contributed by atoms with Crippen LogP contribution >= 0.6 is 0 Å². The topological polar surface area (TPSA) is 12.0 Å². The van der Waals surface area contributed by atoms with E-state index >= 15 is 0 Å². The second kappa shape index (κ2) is 7.35. The van der Waals surface area contributed by atoms with Gasteiger partial charge in [-0.2, -0.15) is 0 Å². The van der Waals surface area contributed by atoms with Crippen molar-refractivity contribution >= 4 is 0 Å². The molecule has 0 rings (SSSR count). The second-order valence-electron chi connectivity index (χ2n) is 3.45. The van der Waals surface area contributed by atoms with Crippen LogP contribution in [-0.2, 0) is 0 Å². The molecule has 1 N–H and O–H groups in total. The van der Waals surface area contributed by atoms with Gasteiger partial charge in [0, 0.05) is 6.04 Å². The van der Waals surface area contributed by atoms with Gasteiger partial charge in [-0.05, 0) is 40.2 Å². The average Bonchev–Trinajstić information content (AvgIpc) is 2.11. The molecular weight excluding hydrogens is 146 g/mol. The first-order valence-electron chi connectivity index (χ1n) is 5.03. The van der Waals surface area contributed by atoms with Gasteiger partial charge < -0.3 is 5.32 Å². The summed E-state index contributed by atoms with van der Waals surface area (Å²) < 4.78 is 0. The summed E-state index contributed by atoms with van der Waals surface area (Å²) >= 11 is 0. The Hall–Kier alpha value is -0.300. The highest BCUT2D eigenvalue weighted by molar-refractivity contribution is 4.95. The third kappa shape index (κ3) is 5.36. The Balaban J connectivity index is 3.57. The number of allylic oxidation sites excluding steroid dienone is 2. The zero-order valence-corrected chi connectivity index (χ0v) is 8.98. The summed E-state index contributed by atoms with van der Waals surface area (Å²) in [5.74, 6) is 0. The Morgan fingerprint density at radius 3 is 2.50 bits per heavy atom. The minimum Gasteiger partial charge on any atom is -0.317 e. The summed E-state index contributed by atoms with van der Waals surface area (Å²) in [5, 5.41) is 3.36. The van der Waals surface area contributed by atoms with E-state index in [4.69, 9.17) is 0 Å². The highest BCUT2D eigenvalue weighted by atomic mass is 14.9. The molecule has 0 spiro atoms. The molecule has 0 heterocycles. The average molecular weight is 169 g/mol. The van der Waals surface area contributed by atoms with Gasteiger partial charge in [-0.1, -0.05) is 25.0 Å². The molecule has 1 nitrogen and oxygen atoms in total. The van der Waals surface area contributed by atoms with Crippen LogP contribution in [0.5, 0.6) is 0 Å². The van der Waals surface area contributed by atoms with E-state index in [0.717, 1.165) is 0 Å². The molecular formula is C11H23N. The van der Waals surface area contributed by atoms with Gasteiger partial charge >= 0.3 is 0 Å². The third-order valence-corrected chi connectivity index (χ3v) is 2.43. The highest BCUT2D eigenvalue weighted by Crippen LogP contribution is 2.09. The quantitative estimate of drug-likeness (QED) is 0.602. The van der Waals surface area contributed by atoms with Crippen molar-refractivity contribution in [3.05, 3.63) is 11.6 Å². The molecule has 1 heteroatoms. The third-order valence-electron chi connectivity index (χ3n) is 2.43. The lowest BCUT2D eigenvalue weighted by Gasteiger charge is -2.14. The predicted octanol–water partition coefficient (Wildman–Crippen LogP) is 3.12. The molecule has 72 valence electrons. The van der Waals surface area contributed by atoms with Crippen LogP contribution < -0.4 is 5.32 Å². The highest BCUT2D eigenvalue weighted by Gasteiger charge is 2.03. The molecule has 0 aromatic carbocycles. The molecule has 0 saturated carbocycles. The monoisotopic (exact) mass is 169 g/mol. The number of rotatable bonds is 6. The molecule has 0 aliphatic heterocycles. The van der Waals surface area contributed by atoms with Crippen LogP contribution in [0.3, 0.4) is 0 Å². The molecule has 0 aromatic heterocycles. The fourth-order valence-electron chi connectivity index (χ4n) is 1.33. The maximum absolute atomic E-state index is 3.36. The molecule has 1 unspecified atom stereocenters. The summed E-state index contributed by atoms with van der Waals surface area (Å²) in [4.78, 5) is 0. The molecule has 0 fully saturated rings. The van der Waals surface area contributed by atoms with Crippen molar-refractivity contribution in [2.24, 2.45) is 0 Å². The molecule has 0 saturated heterocycles. The predicted molar refractivity (Wildman–Crippen MR) is 56.4 cm³/mol. The van der Waals surface area contributed by atoms with E-state index in [1.54, 1.807) is 0 Å². The van der Waals surface area contributed by atoms with Crippen LogP contribution in [0.25, 0.3) is 0 Å². The fourth-order valence-corrected chi connectivity index (χ4v) is 1.33. The van der Waals surface area contributed by atoms with E-state index < -0.39 is 0 Å². The summed E-state index contributed by atoms with van der Waals surface area (Å²) in [6.07, 6.45) is 7.30. The first-order valence-corrected chi connectivity index (χ1v) is 5.03. The lowest BCUT2D eigenvalue weighted by atomic mass is 10.0. The minimum atomic E-state index is 0.713. The van der Waals surface area contributed by atoms with Crippen LogP contribution in [0.2, 0.25) is 0 Å². The summed E-state index contributed by atoms with van der Waals surface area (Å²) in [6.45, 7) is 6.56. The van der Waals surface area contributed by atoms with Gasteiger partial charge in [0.25, 0.3) is 0 Å². The van der Waals surface area contributed by atoms with Crippen LogP contribution in [0.1, 0.15) is 46.5 Å². The Labute approximate surface area is 77.2 Å². The normalized spacial score (nSPS) is 14.8. The van der Waals surface area contributed by atoms with Gasteiger partial charge in [0.2, 0.25) is 0 Å². The van der Waals surface area contributed by atoms with E-state index in [0.29, 0.717) is 6.04 Å². The molecule has 0 aromatic rings. The maximum Gasteiger partial charge on any atom is 0.00670 e. The molecule has 0 aliphatic rings. The van der Waals surface area contributed by atoms with Gasteiger partial charge in [-0.15, -0.1) is 0 Å². The van der Waals surface area contributed by atoms with Gasteiger partial charge in [0.1, 0.15) is 0 Å². The summed E-state index contributed by atoms with van der Waals surface area (Å²) in [7, 11) is 2.06. The fraction of sp³-hybridized carbons (Fsp3) is 0.818. The SMILES string of the molecule is C/C=C(\C)CCC(CCC)NC.